The third-order valence-electron chi connectivity index (χ3n) is 3.58. The molecule has 2 heterocycles. The second-order valence-electron chi connectivity index (χ2n) is 5.45. The van der Waals surface area contributed by atoms with Gasteiger partial charge in [-0.25, -0.2) is 25.1 Å². The van der Waals surface area contributed by atoms with Crippen LogP contribution < -0.4 is 15.8 Å². The van der Waals surface area contributed by atoms with Gasteiger partial charge in [-0.3, -0.25) is 10.1 Å². The number of nitrogens with one attached hydrogen (secondary N) is 2. The van der Waals surface area contributed by atoms with E-state index in [9.17, 15) is 14.5 Å². The molecule has 0 fully saturated rings. The minimum Gasteiger partial charge on any atom is -0.495 e. The Hall–Kier alpha value is -1.93. The van der Waals surface area contributed by atoms with Crippen LogP contribution in [0.1, 0.15) is 5.82 Å². The van der Waals surface area contributed by atoms with Crippen molar-refractivity contribution < 1.29 is 14.1 Å². The number of hydrogen-bond donors (Lipinski definition) is 3. The highest BCUT2D eigenvalue weighted by Gasteiger charge is 2.52. The average molecular weight is 527 g/mol. The molecule has 2 aromatic heterocycles. The van der Waals surface area contributed by atoms with E-state index in [-0.39, 0.29) is 28.2 Å². The van der Waals surface area contributed by atoms with E-state index < -0.39 is 19.1 Å². The van der Waals surface area contributed by atoms with Crippen LogP contribution in [-0.2, 0) is 4.99 Å². The number of imidazole rings is 1. The van der Waals surface area contributed by atoms with Crippen molar-refractivity contribution >= 4 is 73.6 Å². The first-order chi connectivity index (χ1) is 13.5. The van der Waals surface area contributed by atoms with Crippen molar-refractivity contribution in [2.24, 2.45) is 5.73 Å². The van der Waals surface area contributed by atoms with E-state index in [1.54, 1.807) is 18.2 Å². The van der Waals surface area contributed by atoms with Gasteiger partial charge in [0, 0.05) is 11.8 Å². The number of aromatic amines is 1. The summed E-state index contributed by atoms with van der Waals surface area (Å²) in [7, 11) is 1.45. The molecule has 3 aromatic rings. The smallest absolute Gasteiger partial charge is 0.384 e. The van der Waals surface area contributed by atoms with Crippen LogP contribution in [0.15, 0.2) is 24.5 Å². The number of nitrogens with two attached hydrogens (primary N) is 1. The summed E-state index contributed by atoms with van der Waals surface area (Å²) in [5, 5.41) is 14.8. The van der Waals surface area contributed by atoms with E-state index in [0.29, 0.717) is 17.0 Å². The maximum Gasteiger partial charge on any atom is 0.384 e. The number of methoxy groups -OCH3 is 1. The molecule has 4 N–H and O–H groups in total. The molecule has 0 saturated heterocycles. The van der Waals surface area contributed by atoms with Crippen LogP contribution in [0, 0.1) is 10.1 Å². The van der Waals surface area contributed by atoms with Gasteiger partial charge in [0.05, 0.1) is 24.0 Å². The normalized spacial score (nSPS) is 15.5. The Labute approximate surface area is 185 Å². The standard InChI is InChI=1S/C14H11BrCl2FN7O3S/c1-28-7-4-2-3-6(8(7)16)22-11-9-10(21-5-20-9)23-12(24-11)13(19,25(26)27)29-14(15,17)18/h2-5H,19H2,1H3,(H2,20,21,22,23,24). The predicted molar refractivity (Wildman–Crippen MR) is 112 cm³/mol. The van der Waals surface area contributed by atoms with Gasteiger partial charge in [0.25, 0.3) is 3.37 Å². The Bertz CT molecular complexity index is 1080. The molecule has 0 spiro atoms. The van der Waals surface area contributed by atoms with Crippen LogP contribution in [0.25, 0.3) is 11.2 Å². The molecule has 29 heavy (non-hydrogen) atoms. The predicted octanol–water partition coefficient (Wildman–Crippen LogP) is 4.05. The molecule has 0 aliphatic rings. The van der Waals surface area contributed by atoms with E-state index in [1.807, 2.05) is 0 Å². The Balaban J connectivity index is 2.14. The van der Waals surface area contributed by atoms with Crippen molar-refractivity contribution in [2.45, 2.75) is 8.36 Å². The number of fused-ring (bicyclic) bond motifs is 1. The van der Waals surface area contributed by atoms with E-state index in [1.165, 1.54) is 13.4 Å². The minimum atomic E-state index is -2.73. The summed E-state index contributed by atoms with van der Waals surface area (Å²) in [6.07, 6.45) is 1.31. The first-order valence-corrected chi connectivity index (χ1v) is 9.93. The van der Waals surface area contributed by atoms with Crippen LogP contribution >= 0.6 is 50.9 Å². The molecule has 0 aliphatic heterocycles. The molecule has 2 unspecified atom stereocenters. The molecule has 0 amide bonds. The highest BCUT2D eigenvalue weighted by Crippen LogP contribution is 2.47. The highest BCUT2D eigenvalue weighted by atomic mass is 79.9. The molecule has 15 heteroatoms. The quantitative estimate of drug-likeness (QED) is 0.179. The lowest BCUT2D eigenvalue weighted by Crippen LogP contribution is -2.44. The lowest BCUT2D eigenvalue weighted by atomic mass is 10.3. The summed E-state index contributed by atoms with van der Waals surface area (Å²) in [5.74, 6) is -0.0660. The zero-order chi connectivity index (χ0) is 21.4. The number of H-pyrrole nitrogens is 1. The van der Waals surface area contributed by atoms with Gasteiger partial charge >= 0.3 is 4.99 Å². The minimum absolute atomic E-state index is 0.0419. The third kappa shape index (κ3) is 4.48. The zero-order valence-electron chi connectivity index (χ0n) is 14.3. The molecule has 1 aromatic carbocycles. The van der Waals surface area contributed by atoms with Crippen LogP contribution in [0.5, 0.6) is 5.75 Å². The number of benzene rings is 1. The van der Waals surface area contributed by atoms with Crippen LogP contribution in [0.3, 0.4) is 0 Å². The average Bonchev–Trinajstić information content (AvgIpc) is 3.10. The van der Waals surface area contributed by atoms with Gasteiger partial charge in [-0.2, -0.15) is 0 Å². The fraction of sp³-hybridized carbons (Fsp3) is 0.214. The van der Waals surface area contributed by atoms with Crippen molar-refractivity contribution in [2.75, 3.05) is 12.4 Å². The van der Waals surface area contributed by atoms with Crippen molar-refractivity contribution in [1.82, 2.24) is 19.9 Å². The molecule has 3 rings (SSSR count). The molecule has 0 radical (unpaired) electrons. The van der Waals surface area contributed by atoms with Crippen molar-refractivity contribution in [3.63, 3.8) is 0 Å². The molecule has 10 nitrogen and oxygen atoms in total. The molecular formula is C14H11BrCl2FN7O3S. The van der Waals surface area contributed by atoms with Gasteiger partial charge in [0.15, 0.2) is 11.5 Å². The largest absolute Gasteiger partial charge is 0.495 e. The zero-order valence-corrected chi connectivity index (χ0v) is 18.2. The van der Waals surface area contributed by atoms with Gasteiger partial charge in [0.2, 0.25) is 5.82 Å². The third-order valence-corrected chi connectivity index (χ3v) is 5.57. The number of nitrogens with zero attached hydrogens (tertiary/aromatic N) is 4. The fourth-order valence-corrected chi connectivity index (χ4v) is 4.27. The maximum atomic E-state index is 13.9. The summed E-state index contributed by atoms with van der Waals surface area (Å²) >= 11 is 14.2. The van der Waals surface area contributed by atoms with E-state index >= 15 is 0 Å². The molecular weight excluding hydrogens is 516 g/mol. The van der Waals surface area contributed by atoms with Crippen LogP contribution in [-0.4, -0.2) is 35.3 Å². The SMILES string of the molecule is COc1cccc(Nc2nc(C(N)(SC(F)(Cl)Br)[N+](=O)[O-])nc3nc[nH]c23)c1Cl. The summed E-state index contributed by atoms with van der Waals surface area (Å²) in [6.45, 7) is 0. The number of rotatable bonds is 7. The lowest BCUT2D eigenvalue weighted by molar-refractivity contribution is -0.547. The summed E-state index contributed by atoms with van der Waals surface area (Å²) < 4.78 is 16.3. The van der Waals surface area contributed by atoms with E-state index in [4.69, 9.17) is 33.7 Å². The Morgan fingerprint density at radius 3 is 2.83 bits per heavy atom. The Morgan fingerprint density at radius 2 is 2.21 bits per heavy atom. The van der Waals surface area contributed by atoms with E-state index in [0.717, 1.165) is 0 Å². The summed E-state index contributed by atoms with van der Waals surface area (Å²) in [5.41, 5.74) is 6.58. The van der Waals surface area contributed by atoms with Crippen molar-refractivity contribution in [3.8, 4) is 5.75 Å². The number of nitro groups is 1. The maximum absolute atomic E-state index is 13.9. The first kappa shape index (κ1) is 21.8. The van der Waals surface area contributed by atoms with Gasteiger partial charge < -0.3 is 15.0 Å². The number of alkyl halides is 3. The molecule has 0 bridgehead atoms. The molecule has 154 valence electrons. The lowest BCUT2D eigenvalue weighted by Gasteiger charge is -2.21. The number of thioether (sulfide) groups is 1. The first-order valence-electron chi connectivity index (χ1n) is 7.56. The second kappa shape index (κ2) is 8.07. The van der Waals surface area contributed by atoms with E-state index in [2.05, 4.69) is 41.2 Å². The molecule has 0 saturated carbocycles. The van der Waals surface area contributed by atoms with Crippen molar-refractivity contribution in [3.05, 3.63) is 45.5 Å². The molecule has 2 atom stereocenters. The highest BCUT2D eigenvalue weighted by molar-refractivity contribution is 9.12. The van der Waals surface area contributed by atoms with Gasteiger partial charge in [-0.05, 0) is 28.1 Å². The van der Waals surface area contributed by atoms with Crippen LogP contribution in [0.2, 0.25) is 5.02 Å². The summed E-state index contributed by atoms with van der Waals surface area (Å²) in [4.78, 5) is 22.9. The van der Waals surface area contributed by atoms with Crippen LogP contribution in [0.4, 0.5) is 15.9 Å². The molecule has 0 aliphatic carbocycles. The monoisotopic (exact) mass is 525 g/mol. The van der Waals surface area contributed by atoms with Gasteiger partial charge in [-0.15, -0.1) is 0 Å². The van der Waals surface area contributed by atoms with Gasteiger partial charge in [-0.1, -0.05) is 29.3 Å². The number of hydrogen-bond acceptors (Lipinski definition) is 9. The Morgan fingerprint density at radius 1 is 1.48 bits per heavy atom. The number of ether oxygens (including phenoxy) is 1. The number of halogens is 4. The van der Waals surface area contributed by atoms with Crippen molar-refractivity contribution in [1.29, 1.82) is 0 Å². The topological polar surface area (TPSA) is 145 Å². The number of aromatic nitrogens is 4. The fourth-order valence-electron chi connectivity index (χ4n) is 2.32. The summed E-state index contributed by atoms with van der Waals surface area (Å²) in [6, 6.07) is 4.96. The Kier molecular flexibility index (Phi) is 6.06. The number of anilines is 2. The van der Waals surface area contributed by atoms with Gasteiger partial charge in [0.1, 0.15) is 16.3 Å². The second-order valence-corrected chi connectivity index (χ2v) is 10.0.